The van der Waals surface area contributed by atoms with Gasteiger partial charge in [0.25, 0.3) is 0 Å². The smallest absolute Gasteiger partial charge is 0.338 e. The predicted molar refractivity (Wildman–Crippen MR) is 91.8 cm³/mol. The van der Waals surface area contributed by atoms with Crippen molar-refractivity contribution in [2.75, 3.05) is 26.2 Å². The van der Waals surface area contributed by atoms with Gasteiger partial charge in [0.2, 0.25) is 0 Å². The molecule has 0 spiro atoms. The van der Waals surface area contributed by atoms with Gasteiger partial charge in [0, 0.05) is 12.2 Å². The van der Waals surface area contributed by atoms with E-state index in [4.69, 9.17) is 9.15 Å². The Hall–Kier alpha value is -2.28. The van der Waals surface area contributed by atoms with Gasteiger partial charge in [0.05, 0.1) is 12.2 Å². The number of hydrogen-bond donors (Lipinski definition) is 2. The maximum atomic E-state index is 12.6. The molecule has 25 heavy (non-hydrogen) atoms. The quantitative estimate of drug-likeness (QED) is 0.798. The number of piperidine rings is 1. The Kier molecular flexibility index (Phi) is 5.43. The summed E-state index contributed by atoms with van der Waals surface area (Å²) in [5.74, 6) is 0.830. The zero-order chi connectivity index (χ0) is 17.8. The Morgan fingerprint density at radius 1 is 1.32 bits per heavy atom. The van der Waals surface area contributed by atoms with Crippen LogP contribution in [0.3, 0.4) is 0 Å². The van der Waals surface area contributed by atoms with Crippen LogP contribution in [-0.4, -0.2) is 43.1 Å². The van der Waals surface area contributed by atoms with Crippen molar-refractivity contribution in [3.05, 3.63) is 34.9 Å². The van der Waals surface area contributed by atoms with Crippen LogP contribution in [0.1, 0.15) is 43.7 Å². The first-order valence-electron chi connectivity index (χ1n) is 8.85. The van der Waals surface area contributed by atoms with E-state index >= 15 is 0 Å². The number of carbonyl (C=O) groups excluding carboxylic acids is 2. The highest BCUT2D eigenvalue weighted by atomic mass is 16.5. The third kappa shape index (κ3) is 4.04. The standard InChI is InChI=1S/C18H25N3O4/c1-3-24-17(22)15-13(11-21-9-5-4-6-10-21)19-18(23)20-16(15)14-8-7-12(2)25-14/h7-8,16H,3-6,9-11H2,1-2H3,(H2,19,20,23)/t16-/m1/s1. The molecule has 2 aliphatic heterocycles. The van der Waals surface area contributed by atoms with Gasteiger partial charge < -0.3 is 19.8 Å². The number of rotatable bonds is 5. The first-order valence-corrected chi connectivity index (χ1v) is 8.85. The summed E-state index contributed by atoms with van der Waals surface area (Å²) in [6.45, 7) is 6.33. The van der Waals surface area contributed by atoms with Crippen molar-refractivity contribution in [1.82, 2.24) is 15.5 Å². The zero-order valence-corrected chi connectivity index (χ0v) is 14.8. The number of esters is 1. The molecule has 2 amide bonds. The van der Waals surface area contributed by atoms with Crippen molar-refractivity contribution >= 4 is 12.0 Å². The number of carbonyl (C=O) groups is 2. The fraction of sp³-hybridized carbons (Fsp3) is 0.556. The Morgan fingerprint density at radius 3 is 2.72 bits per heavy atom. The summed E-state index contributed by atoms with van der Waals surface area (Å²) < 4.78 is 10.9. The van der Waals surface area contributed by atoms with E-state index in [1.807, 2.05) is 13.0 Å². The molecule has 1 aromatic rings. The lowest BCUT2D eigenvalue weighted by Crippen LogP contribution is -2.48. The average molecular weight is 347 g/mol. The predicted octanol–water partition coefficient (Wildman–Crippen LogP) is 2.25. The molecule has 1 aromatic heterocycles. The van der Waals surface area contributed by atoms with E-state index in [-0.39, 0.29) is 12.6 Å². The molecular weight excluding hydrogens is 322 g/mol. The summed E-state index contributed by atoms with van der Waals surface area (Å²) in [5.41, 5.74) is 1.02. The van der Waals surface area contributed by atoms with Gasteiger partial charge >= 0.3 is 12.0 Å². The van der Waals surface area contributed by atoms with E-state index in [1.165, 1.54) is 6.42 Å². The number of hydrogen-bond acceptors (Lipinski definition) is 5. The molecule has 0 unspecified atom stereocenters. The minimum atomic E-state index is -0.638. The van der Waals surface area contributed by atoms with E-state index < -0.39 is 12.0 Å². The lowest BCUT2D eigenvalue weighted by Gasteiger charge is -2.32. The highest BCUT2D eigenvalue weighted by Crippen LogP contribution is 2.29. The van der Waals surface area contributed by atoms with E-state index in [0.29, 0.717) is 23.6 Å². The molecule has 0 aliphatic carbocycles. The van der Waals surface area contributed by atoms with Crippen molar-refractivity contribution in [3.8, 4) is 0 Å². The third-order valence-corrected chi connectivity index (χ3v) is 4.53. The van der Waals surface area contributed by atoms with Crippen LogP contribution >= 0.6 is 0 Å². The van der Waals surface area contributed by atoms with E-state index in [0.717, 1.165) is 31.7 Å². The van der Waals surface area contributed by atoms with Gasteiger partial charge in [-0.2, -0.15) is 0 Å². The van der Waals surface area contributed by atoms with Crippen LogP contribution in [0.5, 0.6) is 0 Å². The van der Waals surface area contributed by atoms with Gasteiger partial charge in [-0.15, -0.1) is 0 Å². The number of ether oxygens (including phenoxy) is 1. The van der Waals surface area contributed by atoms with Crippen LogP contribution in [0.15, 0.2) is 27.8 Å². The highest BCUT2D eigenvalue weighted by molar-refractivity contribution is 5.95. The second kappa shape index (κ2) is 7.74. The average Bonchev–Trinajstić information content (AvgIpc) is 3.02. The lowest BCUT2D eigenvalue weighted by atomic mass is 9.99. The molecule has 2 N–H and O–H groups in total. The maximum Gasteiger partial charge on any atom is 0.338 e. The van der Waals surface area contributed by atoms with Crippen LogP contribution in [0.25, 0.3) is 0 Å². The van der Waals surface area contributed by atoms with Crippen molar-refractivity contribution in [1.29, 1.82) is 0 Å². The van der Waals surface area contributed by atoms with Crippen LogP contribution in [0.4, 0.5) is 4.79 Å². The normalized spacial score (nSPS) is 21.7. The third-order valence-electron chi connectivity index (χ3n) is 4.53. The van der Waals surface area contributed by atoms with Gasteiger partial charge in [-0.1, -0.05) is 6.42 Å². The molecule has 7 nitrogen and oxygen atoms in total. The van der Waals surface area contributed by atoms with Crippen LogP contribution < -0.4 is 10.6 Å². The SMILES string of the molecule is CCOC(=O)C1=C(CN2CCCCC2)NC(=O)N[C@@H]1c1ccc(C)o1. The van der Waals surface area contributed by atoms with Crippen molar-refractivity contribution in [3.63, 3.8) is 0 Å². The molecule has 1 saturated heterocycles. The number of aryl methyl sites for hydroxylation is 1. The van der Waals surface area contributed by atoms with Crippen molar-refractivity contribution in [2.45, 2.75) is 39.2 Å². The minimum Gasteiger partial charge on any atom is -0.464 e. The monoisotopic (exact) mass is 347 g/mol. The summed E-state index contributed by atoms with van der Waals surface area (Å²) in [5, 5.41) is 5.59. The second-order valence-corrected chi connectivity index (χ2v) is 6.43. The summed E-state index contributed by atoms with van der Waals surface area (Å²) in [7, 11) is 0. The first-order chi connectivity index (χ1) is 12.1. The summed E-state index contributed by atoms with van der Waals surface area (Å²) >= 11 is 0. The van der Waals surface area contributed by atoms with Gasteiger partial charge in [-0.25, -0.2) is 9.59 Å². The molecule has 1 fully saturated rings. The molecule has 0 radical (unpaired) electrons. The molecule has 1 atom stereocenters. The number of urea groups is 1. The first kappa shape index (κ1) is 17.5. The minimum absolute atomic E-state index is 0.275. The lowest BCUT2D eigenvalue weighted by molar-refractivity contribution is -0.139. The zero-order valence-electron chi connectivity index (χ0n) is 14.8. The molecule has 7 heteroatoms. The second-order valence-electron chi connectivity index (χ2n) is 6.43. The van der Waals surface area contributed by atoms with Gasteiger partial charge in [-0.05, 0) is 51.9 Å². The van der Waals surface area contributed by atoms with E-state index in [2.05, 4.69) is 15.5 Å². The number of likely N-dealkylation sites (tertiary alicyclic amines) is 1. The fourth-order valence-corrected chi connectivity index (χ4v) is 3.36. The largest absolute Gasteiger partial charge is 0.464 e. The van der Waals surface area contributed by atoms with Crippen molar-refractivity contribution < 1.29 is 18.7 Å². The molecule has 0 aromatic carbocycles. The van der Waals surface area contributed by atoms with Gasteiger partial charge in [-0.3, -0.25) is 4.90 Å². The number of nitrogens with zero attached hydrogens (tertiary/aromatic N) is 1. The molecule has 0 saturated carbocycles. The number of nitrogens with one attached hydrogen (secondary N) is 2. The number of furan rings is 1. The highest BCUT2D eigenvalue weighted by Gasteiger charge is 2.36. The van der Waals surface area contributed by atoms with Crippen molar-refractivity contribution in [2.24, 2.45) is 0 Å². The molecular formula is C18H25N3O4. The van der Waals surface area contributed by atoms with E-state index in [9.17, 15) is 9.59 Å². The molecule has 136 valence electrons. The maximum absolute atomic E-state index is 12.6. The Morgan fingerprint density at radius 2 is 2.08 bits per heavy atom. The van der Waals surface area contributed by atoms with Gasteiger partial charge in [0.15, 0.2) is 0 Å². The number of amides is 2. The van der Waals surface area contributed by atoms with Crippen LogP contribution in [-0.2, 0) is 9.53 Å². The fourth-order valence-electron chi connectivity index (χ4n) is 3.36. The Bertz CT molecular complexity index is 674. The molecule has 2 aliphatic rings. The van der Waals surface area contributed by atoms with Crippen LogP contribution in [0.2, 0.25) is 0 Å². The summed E-state index contributed by atoms with van der Waals surface area (Å²) in [4.78, 5) is 27.0. The van der Waals surface area contributed by atoms with E-state index in [1.54, 1.807) is 13.0 Å². The topological polar surface area (TPSA) is 83.8 Å². The molecule has 3 heterocycles. The Balaban J connectivity index is 1.95. The summed E-state index contributed by atoms with van der Waals surface area (Å²) in [6, 6.07) is 2.63. The molecule has 0 bridgehead atoms. The Labute approximate surface area is 147 Å². The molecule has 3 rings (SSSR count). The van der Waals surface area contributed by atoms with Gasteiger partial charge in [0.1, 0.15) is 17.6 Å². The van der Waals surface area contributed by atoms with Crippen LogP contribution in [0, 0.1) is 6.92 Å². The summed E-state index contributed by atoms with van der Waals surface area (Å²) in [6.07, 6.45) is 3.49.